The van der Waals surface area contributed by atoms with E-state index in [2.05, 4.69) is 20.6 Å². The molecule has 2 heterocycles. The van der Waals surface area contributed by atoms with Gasteiger partial charge >= 0.3 is 12.1 Å². The number of ether oxygens (including phenoxy) is 1. The number of aryl methyl sites for hydroxylation is 2. The van der Waals surface area contributed by atoms with E-state index in [0.717, 1.165) is 24.1 Å². The molecule has 9 heteroatoms. The first-order chi connectivity index (χ1) is 13.9. The van der Waals surface area contributed by atoms with Gasteiger partial charge in [0.2, 0.25) is 0 Å². The lowest BCUT2D eigenvalue weighted by Crippen LogP contribution is -2.40. The number of hydrogen-bond acceptors (Lipinski definition) is 5. The molecular formula is C20H25N5O4. The van der Waals surface area contributed by atoms with Gasteiger partial charge in [-0.25, -0.2) is 14.6 Å². The fourth-order valence-corrected chi connectivity index (χ4v) is 3.18. The summed E-state index contributed by atoms with van der Waals surface area (Å²) in [5.74, 6) is 0.998. The van der Waals surface area contributed by atoms with Crippen molar-refractivity contribution in [1.29, 1.82) is 0 Å². The van der Waals surface area contributed by atoms with Crippen molar-refractivity contribution in [1.82, 2.24) is 14.9 Å². The standard InChI is InChI=1S/C20H25N5O4/c1-13-5-6-17(29-12-15-4-3-7-25(11-15)20(27)28)16(8-13)23-19(26)24-18-10-21-14(2)9-22-18/h5-6,8-10,15H,3-4,7,11-12H2,1-2H3,(H,27,28)(H2,22,23,24,26). The molecule has 1 aliphatic heterocycles. The predicted molar refractivity (Wildman–Crippen MR) is 108 cm³/mol. The second-order valence-electron chi connectivity index (χ2n) is 7.17. The van der Waals surface area contributed by atoms with Crippen molar-refractivity contribution in [2.24, 2.45) is 5.92 Å². The maximum Gasteiger partial charge on any atom is 0.407 e. The highest BCUT2D eigenvalue weighted by molar-refractivity contribution is 6.00. The highest BCUT2D eigenvalue weighted by Crippen LogP contribution is 2.27. The molecule has 1 unspecified atom stereocenters. The van der Waals surface area contributed by atoms with Crippen LogP contribution in [0.3, 0.4) is 0 Å². The zero-order valence-electron chi connectivity index (χ0n) is 16.5. The molecule has 1 fully saturated rings. The van der Waals surface area contributed by atoms with Crippen molar-refractivity contribution in [3.8, 4) is 5.75 Å². The molecule has 0 aliphatic carbocycles. The van der Waals surface area contributed by atoms with Crippen LogP contribution in [0.25, 0.3) is 0 Å². The predicted octanol–water partition coefficient (Wildman–Crippen LogP) is 3.51. The van der Waals surface area contributed by atoms with Gasteiger partial charge in [0.15, 0.2) is 5.82 Å². The number of hydrogen-bond donors (Lipinski definition) is 3. The van der Waals surface area contributed by atoms with E-state index >= 15 is 0 Å². The monoisotopic (exact) mass is 399 g/mol. The lowest BCUT2D eigenvalue weighted by molar-refractivity contribution is 0.105. The number of carbonyl (C=O) groups is 2. The molecular weight excluding hydrogens is 374 g/mol. The molecule has 1 aromatic carbocycles. The lowest BCUT2D eigenvalue weighted by atomic mass is 9.99. The van der Waals surface area contributed by atoms with Crippen LogP contribution in [0.15, 0.2) is 30.6 Å². The van der Waals surface area contributed by atoms with E-state index < -0.39 is 12.1 Å². The Kier molecular flexibility index (Phi) is 6.48. The van der Waals surface area contributed by atoms with Gasteiger partial charge in [0.05, 0.1) is 30.4 Å². The average molecular weight is 399 g/mol. The molecule has 0 radical (unpaired) electrons. The summed E-state index contributed by atoms with van der Waals surface area (Å²) < 4.78 is 5.94. The van der Waals surface area contributed by atoms with Crippen LogP contribution in [0.4, 0.5) is 21.1 Å². The van der Waals surface area contributed by atoms with Crippen molar-refractivity contribution >= 4 is 23.6 Å². The summed E-state index contributed by atoms with van der Waals surface area (Å²) in [6, 6.07) is 5.07. The van der Waals surface area contributed by atoms with E-state index in [1.807, 2.05) is 26.0 Å². The first-order valence-electron chi connectivity index (χ1n) is 9.48. The van der Waals surface area contributed by atoms with E-state index in [1.165, 1.54) is 11.1 Å². The highest BCUT2D eigenvalue weighted by Gasteiger charge is 2.24. The first kappa shape index (κ1) is 20.4. The van der Waals surface area contributed by atoms with E-state index in [-0.39, 0.29) is 5.92 Å². The number of urea groups is 1. The van der Waals surface area contributed by atoms with Crippen LogP contribution in [-0.2, 0) is 0 Å². The average Bonchev–Trinajstić information content (AvgIpc) is 2.69. The molecule has 0 saturated carbocycles. The highest BCUT2D eigenvalue weighted by atomic mass is 16.5. The van der Waals surface area contributed by atoms with Gasteiger partial charge in [0.25, 0.3) is 0 Å². The number of nitrogens with one attached hydrogen (secondary N) is 2. The minimum atomic E-state index is -0.900. The van der Waals surface area contributed by atoms with E-state index in [0.29, 0.717) is 37.0 Å². The molecule has 3 N–H and O–H groups in total. The molecule has 0 bridgehead atoms. The number of aromatic nitrogens is 2. The zero-order chi connectivity index (χ0) is 20.8. The zero-order valence-corrected chi connectivity index (χ0v) is 16.5. The fourth-order valence-electron chi connectivity index (χ4n) is 3.18. The summed E-state index contributed by atoms with van der Waals surface area (Å²) in [6.45, 7) is 5.13. The van der Waals surface area contributed by atoms with Crippen LogP contribution >= 0.6 is 0 Å². The van der Waals surface area contributed by atoms with Crippen molar-refractivity contribution in [2.45, 2.75) is 26.7 Å². The maximum absolute atomic E-state index is 12.3. The third-order valence-electron chi connectivity index (χ3n) is 4.67. The van der Waals surface area contributed by atoms with Crippen LogP contribution in [0, 0.1) is 19.8 Å². The summed E-state index contributed by atoms with van der Waals surface area (Å²) in [5, 5.41) is 14.6. The fraction of sp³-hybridized carbons (Fsp3) is 0.400. The van der Waals surface area contributed by atoms with Gasteiger partial charge in [0.1, 0.15) is 5.75 Å². The first-order valence-corrected chi connectivity index (χ1v) is 9.48. The van der Waals surface area contributed by atoms with Gasteiger partial charge < -0.3 is 20.1 Å². The lowest BCUT2D eigenvalue weighted by Gasteiger charge is -2.30. The number of likely N-dealkylation sites (tertiary alicyclic amines) is 1. The summed E-state index contributed by atoms with van der Waals surface area (Å²) in [6.07, 6.45) is 3.88. The maximum atomic E-state index is 12.3. The number of nitrogens with zero attached hydrogens (tertiary/aromatic N) is 3. The van der Waals surface area contributed by atoms with Crippen molar-refractivity contribution in [3.63, 3.8) is 0 Å². The number of amides is 3. The van der Waals surface area contributed by atoms with E-state index in [1.54, 1.807) is 12.3 Å². The number of piperidine rings is 1. The number of carboxylic acid groups (broad SMARTS) is 1. The molecule has 0 spiro atoms. The van der Waals surface area contributed by atoms with Crippen molar-refractivity contribution in [2.75, 3.05) is 30.3 Å². The minimum absolute atomic E-state index is 0.116. The Bertz CT molecular complexity index is 872. The molecule has 1 aromatic heterocycles. The van der Waals surface area contributed by atoms with E-state index in [9.17, 15) is 14.7 Å². The van der Waals surface area contributed by atoms with E-state index in [4.69, 9.17) is 4.74 Å². The van der Waals surface area contributed by atoms with Gasteiger partial charge in [0, 0.05) is 19.0 Å². The molecule has 2 aromatic rings. The van der Waals surface area contributed by atoms with Gasteiger partial charge in [-0.1, -0.05) is 6.07 Å². The minimum Gasteiger partial charge on any atom is -0.491 e. The van der Waals surface area contributed by atoms with Gasteiger partial charge in [-0.2, -0.15) is 0 Å². The Morgan fingerprint density at radius 3 is 2.79 bits per heavy atom. The van der Waals surface area contributed by atoms with Crippen molar-refractivity contribution < 1.29 is 19.4 Å². The number of benzene rings is 1. The molecule has 9 nitrogen and oxygen atoms in total. The second-order valence-corrected chi connectivity index (χ2v) is 7.17. The molecule has 1 aliphatic rings. The Hall–Kier alpha value is -3.36. The third-order valence-corrected chi connectivity index (χ3v) is 4.67. The molecule has 1 saturated heterocycles. The Labute approximate surface area is 169 Å². The summed E-state index contributed by atoms with van der Waals surface area (Å²) in [7, 11) is 0. The SMILES string of the molecule is Cc1ccc(OCC2CCCN(C(=O)O)C2)c(NC(=O)Nc2cnc(C)cn2)c1. The van der Waals surface area contributed by atoms with Crippen LogP contribution in [0.1, 0.15) is 24.1 Å². The quantitative estimate of drug-likeness (QED) is 0.708. The normalized spacial score (nSPS) is 16.2. The molecule has 29 heavy (non-hydrogen) atoms. The van der Waals surface area contributed by atoms with Gasteiger partial charge in [-0.05, 0) is 44.4 Å². The van der Waals surface area contributed by atoms with Gasteiger partial charge in [-0.15, -0.1) is 0 Å². The number of anilines is 2. The Morgan fingerprint density at radius 2 is 2.07 bits per heavy atom. The Balaban J connectivity index is 1.62. The smallest absolute Gasteiger partial charge is 0.407 e. The summed E-state index contributed by atoms with van der Waals surface area (Å²) in [5.41, 5.74) is 2.26. The molecule has 3 rings (SSSR count). The molecule has 1 atom stereocenters. The van der Waals surface area contributed by atoms with Crippen LogP contribution in [-0.4, -0.2) is 51.8 Å². The Morgan fingerprint density at radius 1 is 1.24 bits per heavy atom. The second kappa shape index (κ2) is 9.22. The van der Waals surface area contributed by atoms with Crippen LogP contribution < -0.4 is 15.4 Å². The van der Waals surface area contributed by atoms with Crippen LogP contribution in [0.2, 0.25) is 0 Å². The summed E-state index contributed by atoms with van der Waals surface area (Å²) >= 11 is 0. The molecule has 3 amide bonds. The number of rotatable bonds is 5. The largest absolute Gasteiger partial charge is 0.491 e. The number of carbonyl (C=O) groups excluding carboxylic acids is 1. The summed E-state index contributed by atoms with van der Waals surface area (Å²) in [4.78, 5) is 33.1. The van der Waals surface area contributed by atoms with Gasteiger partial charge in [-0.3, -0.25) is 10.3 Å². The van der Waals surface area contributed by atoms with Crippen LogP contribution in [0.5, 0.6) is 5.75 Å². The molecule has 154 valence electrons. The third kappa shape index (κ3) is 5.81. The topological polar surface area (TPSA) is 117 Å². The van der Waals surface area contributed by atoms with Crippen molar-refractivity contribution in [3.05, 3.63) is 41.9 Å².